The number of nitrogens with one attached hydrogen (secondary N) is 1. The van der Waals surface area contributed by atoms with Crippen LogP contribution in [-0.4, -0.2) is 28.2 Å². The van der Waals surface area contributed by atoms with Crippen LogP contribution in [0.4, 0.5) is 11.5 Å². The normalized spacial score (nSPS) is 10.3. The highest BCUT2D eigenvalue weighted by molar-refractivity contribution is 5.55. The van der Waals surface area contributed by atoms with E-state index in [0.717, 1.165) is 31.4 Å². The molecule has 1 aromatic heterocycles. The van der Waals surface area contributed by atoms with Crippen LogP contribution in [0.5, 0.6) is 0 Å². The lowest BCUT2D eigenvalue weighted by Crippen LogP contribution is -2.07. The molecule has 0 spiro atoms. The molecule has 0 bridgehead atoms. The van der Waals surface area contributed by atoms with Crippen molar-refractivity contribution >= 4 is 11.5 Å². The monoisotopic (exact) mass is 253 g/mol. The number of anilines is 1. The SMILES string of the molecule is Cc1ccc([N+](=O)[O-])c(NCCCCCCO)n1. The Kier molecular flexibility index (Phi) is 6.07. The van der Waals surface area contributed by atoms with Gasteiger partial charge in [0.25, 0.3) is 0 Å². The first-order chi connectivity index (χ1) is 8.65. The van der Waals surface area contributed by atoms with E-state index in [1.165, 1.54) is 6.07 Å². The van der Waals surface area contributed by atoms with Crippen molar-refractivity contribution in [2.75, 3.05) is 18.5 Å². The van der Waals surface area contributed by atoms with Crippen LogP contribution in [0, 0.1) is 17.0 Å². The Hall–Kier alpha value is -1.69. The van der Waals surface area contributed by atoms with E-state index in [-0.39, 0.29) is 12.3 Å². The smallest absolute Gasteiger partial charge is 0.311 e. The molecule has 0 unspecified atom stereocenters. The van der Waals surface area contributed by atoms with E-state index >= 15 is 0 Å². The van der Waals surface area contributed by atoms with Crippen LogP contribution < -0.4 is 5.32 Å². The van der Waals surface area contributed by atoms with Crippen molar-refractivity contribution in [2.45, 2.75) is 32.6 Å². The van der Waals surface area contributed by atoms with Crippen molar-refractivity contribution in [1.29, 1.82) is 0 Å². The van der Waals surface area contributed by atoms with Crippen LogP contribution in [0.3, 0.4) is 0 Å². The zero-order valence-electron chi connectivity index (χ0n) is 10.6. The van der Waals surface area contributed by atoms with Crippen LogP contribution in [-0.2, 0) is 0 Å². The summed E-state index contributed by atoms with van der Waals surface area (Å²) in [6.07, 6.45) is 3.68. The fourth-order valence-corrected chi connectivity index (χ4v) is 1.62. The highest BCUT2D eigenvalue weighted by atomic mass is 16.6. The second-order valence-corrected chi connectivity index (χ2v) is 4.14. The molecule has 0 aliphatic rings. The Bertz CT molecular complexity index is 396. The number of aromatic nitrogens is 1. The maximum absolute atomic E-state index is 10.8. The molecule has 0 radical (unpaired) electrons. The fourth-order valence-electron chi connectivity index (χ4n) is 1.62. The molecule has 0 atom stereocenters. The van der Waals surface area contributed by atoms with E-state index in [2.05, 4.69) is 10.3 Å². The van der Waals surface area contributed by atoms with Gasteiger partial charge in [0.1, 0.15) is 0 Å². The average molecular weight is 253 g/mol. The highest BCUT2D eigenvalue weighted by Gasteiger charge is 2.14. The van der Waals surface area contributed by atoms with Gasteiger partial charge in [0.15, 0.2) is 0 Å². The van der Waals surface area contributed by atoms with Crippen molar-refractivity contribution in [3.63, 3.8) is 0 Å². The lowest BCUT2D eigenvalue weighted by molar-refractivity contribution is -0.384. The second kappa shape index (κ2) is 7.60. The van der Waals surface area contributed by atoms with Crippen molar-refractivity contribution in [3.8, 4) is 0 Å². The molecular weight excluding hydrogens is 234 g/mol. The molecule has 18 heavy (non-hydrogen) atoms. The van der Waals surface area contributed by atoms with Crippen molar-refractivity contribution in [1.82, 2.24) is 4.98 Å². The number of aliphatic hydroxyl groups excluding tert-OH is 1. The molecule has 100 valence electrons. The molecule has 0 amide bonds. The molecule has 0 aromatic carbocycles. The van der Waals surface area contributed by atoms with Gasteiger partial charge in [0.2, 0.25) is 5.82 Å². The number of unbranched alkanes of at least 4 members (excludes halogenated alkanes) is 3. The summed E-state index contributed by atoms with van der Waals surface area (Å²) >= 11 is 0. The molecular formula is C12H19N3O3. The van der Waals surface area contributed by atoms with Gasteiger partial charge in [0.05, 0.1) is 4.92 Å². The summed E-state index contributed by atoms with van der Waals surface area (Å²) in [5.41, 5.74) is 0.763. The third kappa shape index (κ3) is 4.67. The predicted molar refractivity (Wildman–Crippen MR) is 69.7 cm³/mol. The number of pyridine rings is 1. The number of nitro groups is 1. The summed E-state index contributed by atoms with van der Waals surface area (Å²) in [4.78, 5) is 14.5. The van der Waals surface area contributed by atoms with E-state index < -0.39 is 4.92 Å². The summed E-state index contributed by atoms with van der Waals surface area (Å²) in [6, 6.07) is 3.10. The Morgan fingerprint density at radius 1 is 1.33 bits per heavy atom. The van der Waals surface area contributed by atoms with Crippen molar-refractivity contribution < 1.29 is 10.0 Å². The first-order valence-electron chi connectivity index (χ1n) is 6.12. The lowest BCUT2D eigenvalue weighted by Gasteiger charge is -2.06. The number of nitrogens with zero attached hydrogens (tertiary/aromatic N) is 2. The second-order valence-electron chi connectivity index (χ2n) is 4.14. The maximum Gasteiger partial charge on any atom is 0.311 e. The maximum atomic E-state index is 10.8. The first-order valence-corrected chi connectivity index (χ1v) is 6.12. The number of aliphatic hydroxyl groups is 1. The predicted octanol–water partition coefficient (Wildman–Crippen LogP) is 2.26. The third-order valence-corrected chi connectivity index (χ3v) is 2.59. The molecule has 6 heteroatoms. The minimum absolute atomic E-state index is 0.0101. The zero-order chi connectivity index (χ0) is 13.4. The van der Waals surface area contributed by atoms with Gasteiger partial charge in [-0.25, -0.2) is 4.98 Å². The van der Waals surface area contributed by atoms with Crippen molar-refractivity contribution in [3.05, 3.63) is 27.9 Å². The average Bonchev–Trinajstić information content (AvgIpc) is 2.33. The number of hydrogen-bond donors (Lipinski definition) is 2. The standard InChI is InChI=1S/C12H19N3O3/c1-10-6-7-11(15(17)18)12(14-10)13-8-4-2-3-5-9-16/h6-7,16H,2-5,8-9H2,1H3,(H,13,14). The molecule has 0 fully saturated rings. The molecule has 0 aliphatic carbocycles. The quantitative estimate of drug-likeness (QED) is 0.421. The minimum Gasteiger partial charge on any atom is -0.396 e. The summed E-state index contributed by atoms with van der Waals surface area (Å²) in [6.45, 7) is 2.68. The highest BCUT2D eigenvalue weighted by Crippen LogP contribution is 2.21. The Balaban J connectivity index is 2.45. The van der Waals surface area contributed by atoms with Crippen LogP contribution in [0.1, 0.15) is 31.4 Å². The van der Waals surface area contributed by atoms with Crippen LogP contribution in [0.15, 0.2) is 12.1 Å². The van der Waals surface area contributed by atoms with E-state index in [0.29, 0.717) is 12.4 Å². The van der Waals surface area contributed by atoms with Crippen LogP contribution >= 0.6 is 0 Å². The van der Waals surface area contributed by atoms with Gasteiger partial charge >= 0.3 is 5.69 Å². The largest absolute Gasteiger partial charge is 0.396 e. The number of hydrogen-bond acceptors (Lipinski definition) is 5. The Labute approximate surface area is 106 Å². The fraction of sp³-hybridized carbons (Fsp3) is 0.583. The third-order valence-electron chi connectivity index (χ3n) is 2.59. The lowest BCUT2D eigenvalue weighted by atomic mass is 10.2. The molecule has 0 saturated carbocycles. The van der Waals surface area contributed by atoms with Gasteiger partial charge < -0.3 is 10.4 Å². The molecule has 6 nitrogen and oxygen atoms in total. The summed E-state index contributed by atoms with van der Waals surface area (Å²) in [5.74, 6) is 0.335. The topological polar surface area (TPSA) is 88.3 Å². The molecule has 0 saturated heterocycles. The molecule has 1 rings (SSSR count). The van der Waals surface area contributed by atoms with E-state index in [4.69, 9.17) is 5.11 Å². The molecule has 1 heterocycles. The molecule has 1 aromatic rings. The van der Waals surface area contributed by atoms with Gasteiger partial charge in [-0.05, 0) is 25.8 Å². The van der Waals surface area contributed by atoms with E-state index in [1.54, 1.807) is 13.0 Å². The summed E-state index contributed by atoms with van der Waals surface area (Å²) in [7, 11) is 0. The number of aryl methyl sites for hydroxylation is 1. The Morgan fingerprint density at radius 2 is 2.06 bits per heavy atom. The Morgan fingerprint density at radius 3 is 2.72 bits per heavy atom. The summed E-state index contributed by atoms with van der Waals surface area (Å²) < 4.78 is 0. The summed E-state index contributed by atoms with van der Waals surface area (Å²) in [5, 5.41) is 22.4. The molecule has 0 aliphatic heterocycles. The van der Waals surface area contributed by atoms with Crippen LogP contribution in [0.2, 0.25) is 0 Å². The van der Waals surface area contributed by atoms with E-state index in [9.17, 15) is 10.1 Å². The molecule has 2 N–H and O–H groups in total. The van der Waals surface area contributed by atoms with Crippen LogP contribution in [0.25, 0.3) is 0 Å². The van der Waals surface area contributed by atoms with Gasteiger partial charge in [-0.1, -0.05) is 12.8 Å². The van der Waals surface area contributed by atoms with Gasteiger partial charge in [0, 0.05) is 24.9 Å². The van der Waals surface area contributed by atoms with Gasteiger partial charge in [-0.3, -0.25) is 10.1 Å². The van der Waals surface area contributed by atoms with Gasteiger partial charge in [-0.15, -0.1) is 0 Å². The van der Waals surface area contributed by atoms with Crippen molar-refractivity contribution in [2.24, 2.45) is 0 Å². The zero-order valence-corrected chi connectivity index (χ0v) is 10.6. The van der Waals surface area contributed by atoms with E-state index in [1.807, 2.05) is 0 Å². The first kappa shape index (κ1) is 14.4. The van der Waals surface area contributed by atoms with Gasteiger partial charge in [-0.2, -0.15) is 0 Å². The minimum atomic E-state index is -0.430. The number of rotatable bonds is 8.